The van der Waals surface area contributed by atoms with Crippen LogP contribution in [0.1, 0.15) is 54.4 Å². The summed E-state index contributed by atoms with van der Waals surface area (Å²) in [5, 5.41) is 3.33. The van der Waals surface area contributed by atoms with Crippen molar-refractivity contribution >= 4 is 5.91 Å². The van der Waals surface area contributed by atoms with Gasteiger partial charge in [-0.2, -0.15) is 0 Å². The topological polar surface area (TPSA) is 58.1 Å². The van der Waals surface area contributed by atoms with Gasteiger partial charge in [-0.05, 0) is 37.3 Å². The van der Waals surface area contributed by atoms with E-state index in [0.717, 1.165) is 62.4 Å². The van der Waals surface area contributed by atoms with Crippen LogP contribution in [0.5, 0.6) is 0 Å². The van der Waals surface area contributed by atoms with Gasteiger partial charge in [0.25, 0.3) is 0 Å². The van der Waals surface area contributed by atoms with Crippen LogP contribution in [-0.4, -0.2) is 33.9 Å². The van der Waals surface area contributed by atoms with Crippen LogP contribution in [-0.2, 0) is 24.2 Å². The summed E-state index contributed by atoms with van der Waals surface area (Å²) in [6, 6.07) is 6.61. The number of fused-ring (bicyclic) bond motifs is 1. The zero-order chi connectivity index (χ0) is 18.6. The summed E-state index contributed by atoms with van der Waals surface area (Å²) in [4.78, 5) is 24.2. The largest absolute Gasteiger partial charge is 0.332 e. The second-order valence-corrected chi connectivity index (χ2v) is 7.32. The molecule has 3 heterocycles. The Morgan fingerprint density at radius 1 is 1.30 bits per heavy atom. The van der Waals surface area contributed by atoms with Crippen LogP contribution >= 0.6 is 0 Å². The maximum Gasteiger partial charge on any atom is 0.223 e. The molecule has 0 radical (unpaired) electrons. The van der Waals surface area contributed by atoms with Gasteiger partial charge in [-0.3, -0.25) is 4.79 Å². The Kier molecular flexibility index (Phi) is 5.43. The second-order valence-electron chi connectivity index (χ2n) is 7.32. The lowest BCUT2D eigenvalue weighted by molar-refractivity contribution is -0.135. The third-order valence-corrected chi connectivity index (χ3v) is 5.51. The number of amides is 1. The van der Waals surface area contributed by atoms with Crippen LogP contribution in [0.4, 0.5) is 4.39 Å². The summed E-state index contributed by atoms with van der Waals surface area (Å²) in [6.45, 7) is 2.47. The molecule has 1 fully saturated rings. The minimum absolute atomic E-state index is 0.0611. The monoisotopic (exact) mass is 368 g/mol. The van der Waals surface area contributed by atoms with Crippen LogP contribution in [0.2, 0.25) is 0 Å². The summed E-state index contributed by atoms with van der Waals surface area (Å²) in [6.07, 6.45) is 6.50. The number of nitrogens with one attached hydrogen (secondary N) is 1. The first-order valence-corrected chi connectivity index (χ1v) is 9.80. The first kappa shape index (κ1) is 18.0. The van der Waals surface area contributed by atoms with E-state index in [0.29, 0.717) is 18.4 Å². The fraction of sp³-hybridized carbons (Fsp3) is 0.476. The standard InChI is InChI=1S/C21H25FN4O/c22-17-6-2-1-5-15(17)8-9-20(27)26-12-4-3-7-19(26)21-24-14-16-13-23-11-10-18(16)25-21/h1-2,5-6,14,19,23H,3-4,7-13H2/t19-/m0/s1. The van der Waals surface area contributed by atoms with E-state index in [1.165, 1.54) is 6.07 Å². The van der Waals surface area contributed by atoms with E-state index in [1.807, 2.05) is 17.2 Å². The maximum absolute atomic E-state index is 13.8. The van der Waals surface area contributed by atoms with Gasteiger partial charge in [-0.25, -0.2) is 14.4 Å². The summed E-state index contributed by atoms with van der Waals surface area (Å²) in [7, 11) is 0. The van der Waals surface area contributed by atoms with E-state index in [4.69, 9.17) is 4.98 Å². The van der Waals surface area contributed by atoms with Crippen LogP contribution in [0.25, 0.3) is 0 Å². The minimum Gasteiger partial charge on any atom is -0.332 e. The lowest BCUT2D eigenvalue weighted by Gasteiger charge is -2.35. The molecule has 2 aliphatic heterocycles. The quantitative estimate of drug-likeness (QED) is 0.901. The number of carbonyl (C=O) groups is 1. The molecule has 0 saturated carbocycles. The Balaban J connectivity index is 1.48. The molecule has 0 aliphatic carbocycles. The van der Waals surface area contributed by atoms with Crippen LogP contribution < -0.4 is 5.32 Å². The molecule has 5 nitrogen and oxygen atoms in total. The molecule has 1 aromatic heterocycles. The minimum atomic E-state index is -0.243. The van der Waals surface area contributed by atoms with Crippen molar-refractivity contribution < 1.29 is 9.18 Å². The lowest BCUT2D eigenvalue weighted by Crippen LogP contribution is -2.39. The first-order valence-electron chi connectivity index (χ1n) is 9.80. The fourth-order valence-corrected chi connectivity index (χ4v) is 4.00. The van der Waals surface area contributed by atoms with Crippen molar-refractivity contribution in [2.45, 2.75) is 51.1 Å². The van der Waals surface area contributed by atoms with E-state index in [9.17, 15) is 9.18 Å². The molecular formula is C21H25FN4O. The van der Waals surface area contributed by atoms with Crippen molar-refractivity contribution in [3.8, 4) is 0 Å². The summed E-state index contributed by atoms with van der Waals surface area (Å²) < 4.78 is 13.8. The molecule has 0 spiro atoms. The molecule has 0 unspecified atom stereocenters. The highest BCUT2D eigenvalue weighted by Crippen LogP contribution is 2.30. The van der Waals surface area contributed by atoms with Crippen molar-refractivity contribution in [3.63, 3.8) is 0 Å². The number of likely N-dealkylation sites (tertiary alicyclic amines) is 1. The van der Waals surface area contributed by atoms with Gasteiger partial charge in [0, 0.05) is 49.9 Å². The average molecular weight is 368 g/mol. The molecule has 4 rings (SSSR count). The van der Waals surface area contributed by atoms with Crippen molar-refractivity contribution in [1.29, 1.82) is 0 Å². The Hall–Kier alpha value is -2.34. The van der Waals surface area contributed by atoms with E-state index in [1.54, 1.807) is 12.1 Å². The molecule has 2 aromatic rings. The molecule has 1 saturated heterocycles. The molecule has 1 N–H and O–H groups in total. The number of piperidine rings is 1. The average Bonchev–Trinajstić information content (AvgIpc) is 2.72. The van der Waals surface area contributed by atoms with Crippen LogP contribution in [0, 0.1) is 5.82 Å². The number of halogens is 1. The lowest BCUT2D eigenvalue weighted by atomic mass is 9.99. The number of nitrogens with zero attached hydrogens (tertiary/aromatic N) is 3. The Labute approximate surface area is 159 Å². The second kappa shape index (κ2) is 8.13. The van der Waals surface area contributed by atoms with E-state index in [-0.39, 0.29) is 17.8 Å². The van der Waals surface area contributed by atoms with Crippen molar-refractivity contribution in [2.24, 2.45) is 0 Å². The predicted molar refractivity (Wildman–Crippen MR) is 100 cm³/mol. The van der Waals surface area contributed by atoms with Crippen LogP contribution in [0.3, 0.4) is 0 Å². The van der Waals surface area contributed by atoms with Crippen molar-refractivity contribution in [2.75, 3.05) is 13.1 Å². The van der Waals surface area contributed by atoms with Gasteiger partial charge in [0.1, 0.15) is 5.82 Å². The van der Waals surface area contributed by atoms with E-state index in [2.05, 4.69) is 10.3 Å². The highest BCUT2D eigenvalue weighted by atomic mass is 19.1. The summed E-state index contributed by atoms with van der Waals surface area (Å²) >= 11 is 0. The van der Waals surface area contributed by atoms with E-state index >= 15 is 0 Å². The van der Waals surface area contributed by atoms with Gasteiger partial charge < -0.3 is 10.2 Å². The van der Waals surface area contributed by atoms with E-state index < -0.39 is 0 Å². The highest BCUT2D eigenvalue weighted by molar-refractivity contribution is 5.77. The number of aromatic nitrogens is 2. The third-order valence-electron chi connectivity index (χ3n) is 5.51. The SMILES string of the molecule is O=C(CCc1ccccc1F)N1CCCC[C@H]1c1ncc2c(n1)CCNC2. The predicted octanol–water partition coefficient (Wildman–Crippen LogP) is 2.95. The van der Waals surface area contributed by atoms with Gasteiger partial charge in [-0.1, -0.05) is 18.2 Å². The number of carbonyl (C=O) groups excluding carboxylic acids is 1. The summed E-state index contributed by atoms with van der Waals surface area (Å²) in [5.74, 6) is 0.577. The van der Waals surface area contributed by atoms with Gasteiger partial charge in [0.05, 0.1) is 6.04 Å². The number of rotatable bonds is 4. The highest BCUT2D eigenvalue weighted by Gasteiger charge is 2.30. The Morgan fingerprint density at radius 2 is 2.19 bits per heavy atom. The molecule has 142 valence electrons. The summed E-state index contributed by atoms with van der Waals surface area (Å²) in [5.41, 5.74) is 2.85. The zero-order valence-corrected chi connectivity index (χ0v) is 15.5. The molecule has 2 aliphatic rings. The molecule has 1 aromatic carbocycles. The van der Waals surface area contributed by atoms with Gasteiger partial charge in [-0.15, -0.1) is 0 Å². The number of hydrogen-bond acceptors (Lipinski definition) is 4. The Morgan fingerprint density at radius 3 is 3.07 bits per heavy atom. The molecule has 6 heteroatoms. The molecule has 1 atom stereocenters. The number of aryl methyl sites for hydroxylation is 1. The van der Waals surface area contributed by atoms with Gasteiger partial charge in [0.15, 0.2) is 5.82 Å². The number of hydrogen-bond donors (Lipinski definition) is 1. The molecule has 27 heavy (non-hydrogen) atoms. The first-order chi connectivity index (χ1) is 13.2. The van der Waals surface area contributed by atoms with Gasteiger partial charge in [0.2, 0.25) is 5.91 Å². The van der Waals surface area contributed by atoms with Gasteiger partial charge >= 0.3 is 0 Å². The maximum atomic E-state index is 13.8. The smallest absolute Gasteiger partial charge is 0.223 e. The third kappa shape index (κ3) is 4.00. The fourth-order valence-electron chi connectivity index (χ4n) is 4.00. The number of benzene rings is 1. The Bertz CT molecular complexity index is 826. The van der Waals surface area contributed by atoms with Crippen molar-refractivity contribution in [3.05, 3.63) is 58.9 Å². The molecule has 1 amide bonds. The van der Waals surface area contributed by atoms with Crippen LogP contribution in [0.15, 0.2) is 30.5 Å². The van der Waals surface area contributed by atoms with Crippen molar-refractivity contribution in [1.82, 2.24) is 20.2 Å². The molecule has 0 bridgehead atoms. The zero-order valence-electron chi connectivity index (χ0n) is 15.5. The molecular weight excluding hydrogens is 343 g/mol. The normalized spacial score (nSPS) is 19.6.